The molecule has 0 aliphatic heterocycles. The number of carbonyl (C=O) groups is 1. The number of aromatic nitrogens is 4. The van der Waals surface area contributed by atoms with Gasteiger partial charge in [0.25, 0.3) is 0 Å². The highest BCUT2D eigenvalue weighted by Crippen LogP contribution is 2.39. The first-order valence-corrected chi connectivity index (χ1v) is 8.29. The minimum absolute atomic E-state index is 0.0626. The largest absolute Gasteiger partial charge is 0.442 e. The Morgan fingerprint density at radius 2 is 2.17 bits per heavy atom. The molecule has 2 aromatic heterocycles. The summed E-state index contributed by atoms with van der Waals surface area (Å²) in [7, 11) is 0. The summed E-state index contributed by atoms with van der Waals surface area (Å²) >= 11 is 0. The maximum Gasteiger partial charge on any atom is 0.442 e. The lowest BCUT2D eigenvalue weighted by atomic mass is 10.1. The molecule has 2 heterocycles. The van der Waals surface area contributed by atoms with Crippen LogP contribution in [0.5, 0.6) is 0 Å². The minimum Gasteiger partial charge on any atom is -0.335 e. The van der Waals surface area contributed by atoms with Crippen LogP contribution in [0, 0.1) is 5.92 Å². The Labute approximate surface area is 138 Å². The molecule has 0 aromatic carbocycles. The standard InChI is InChI=1S/C16H19N5O3/c1-10(11-2-3-11)21(12-4-5-12)14(22)9-20-15(19-24-16(20)23)13-8-17-6-7-18-13/h6-8,10-12H,2-5,9H2,1H3. The molecular formula is C16H19N5O3. The molecule has 1 amide bonds. The third-order valence-corrected chi connectivity index (χ3v) is 4.74. The third kappa shape index (κ3) is 2.83. The van der Waals surface area contributed by atoms with E-state index < -0.39 is 5.76 Å². The van der Waals surface area contributed by atoms with Crippen molar-refractivity contribution in [1.82, 2.24) is 24.6 Å². The second kappa shape index (κ2) is 5.85. The molecule has 2 aliphatic rings. The van der Waals surface area contributed by atoms with Crippen molar-refractivity contribution < 1.29 is 9.32 Å². The van der Waals surface area contributed by atoms with Gasteiger partial charge in [-0.25, -0.2) is 14.3 Å². The molecule has 126 valence electrons. The van der Waals surface area contributed by atoms with E-state index >= 15 is 0 Å². The molecule has 2 aliphatic carbocycles. The van der Waals surface area contributed by atoms with Crippen LogP contribution in [-0.2, 0) is 11.3 Å². The number of hydrogen-bond acceptors (Lipinski definition) is 6. The lowest BCUT2D eigenvalue weighted by Crippen LogP contribution is -2.44. The highest BCUT2D eigenvalue weighted by Gasteiger charge is 2.41. The molecule has 1 atom stereocenters. The number of hydrogen-bond donors (Lipinski definition) is 0. The second-order valence-electron chi connectivity index (χ2n) is 6.56. The number of carbonyl (C=O) groups excluding carboxylic acids is 1. The van der Waals surface area contributed by atoms with Crippen molar-refractivity contribution in [3.05, 3.63) is 29.1 Å². The molecule has 2 aromatic rings. The molecule has 0 spiro atoms. The van der Waals surface area contributed by atoms with E-state index in [1.807, 2.05) is 4.90 Å². The predicted molar refractivity (Wildman–Crippen MR) is 83.8 cm³/mol. The van der Waals surface area contributed by atoms with Crippen molar-refractivity contribution in [2.45, 2.75) is 51.2 Å². The molecule has 8 heteroatoms. The SMILES string of the molecule is CC(C1CC1)N(C(=O)Cn1c(-c2cnccn2)noc1=O)C1CC1. The first kappa shape index (κ1) is 15.0. The molecule has 0 N–H and O–H groups in total. The van der Waals surface area contributed by atoms with E-state index in [-0.39, 0.29) is 24.3 Å². The Bertz CT molecular complexity index is 792. The first-order chi connectivity index (χ1) is 11.6. The lowest BCUT2D eigenvalue weighted by Gasteiger charge is -2.29. The van der Waals surface area contributed by atoms with Crippen LogP contribution in [-0.4, -0.2) is 42.6 Å². The van der Waals surface area contributed by atoms with Crippen molar-refractivity contribution in [2.24, 2.45) is 5.92 Å². The average molecular weight is 329 g/mol. The van der Waals surface area contributed by atoms with Gasteiger partial charge in [-0.05, 0) is 38.5 Å². The van der Waals surface area contributed by atoms with Gasteiger partial charge in [-0.3, -0.25) is 14.3 Å². The van der Waals surface area contributed by atoms with Gasteiger partial charge in [0, 0.05) is 24.5 Å². The molecular weight excluding hydrogens is 310 g/mol. The first-order valence-electron chi connectivity index (χ1n) is 8.29. The average Bonchev–Trinajstić information content (AvgIpc) is 3.48. The number of amides is 1. The Kier molecular flexibility index (Phi) is 3.66. The second-order valence-corrected chi connectivity index (χ2v) is 6.56. The summed E-state index contributed by atoms with van der Waals surface area (Å²) < 4.78 is 5.98. The molecule has 8 nitrogen and oxygen atoms in total. The van der Waals surface area contributed by atoms with E-state index in [9.17, 15) is 9.59 Å². The molecule has 1 unspecified atom stereocenters. The molecule has 2 saturated carbocycles. The van der Waals surface area contributed by atoms with E-state index in [1.54, 1.807) is 0 Å². The fourth-order valence-electron chi connectivity index (χ4n) is 3.15. The molecule has 0 radical (unpaired) electrons. The lowest BCUT2D eigenvalue weighted by molar-refractivity contribution is -0.135. The molecule has 4 rings (SSSR count). The summed E-state index contributed by atoms with van der Waals surface area (Å²) in [4.78, 5) is 34.9. The van der Waals surface area contributed by atoms with E-state index in [1.165, 1.54) is 36.0 Å². The van der Waals surface area contributed by atoms with Crippen LogP contribution >= 0.6 is 0 Å². The summed E-state index contributed by atoms with van der Waals surface area (Å²) in [6, 6.07) is 0.532. The number of nitrogens with zero attached hydrogens (tertiary/aromatic N) is 5. The van der Waals surface area contributed by atoms with Crippen molar-refractivity contribution in [1.29, 1.82) is 0 Å². The summed E-state index contributed by atoms with van der Waals surface area (Å²) in [6.45, 7) is 2.02. The predicted octanol–water partition coefficient (Wildman–Crippen LogP) is 1.08. The van der Waals surface area contributed by atoms with Gasteiger partial charge in [0.05, 0.1) is 6.20 Å². The van der Waals surface area contributed by atoms with E-state index in [0.717, 1.165) is 12.8 Å². The van der Waals surface area contributed by atoms with Crippen molar-refractivity contribution in [3.8, 4) is 11.5 Å². The molecule has 0 saturated heterocycles. The van der Waals surface area contributed by atoms with Gasteiger partial charge >= 0.3 is 5.76 Å². The Hall–Kier alpha value is -2.51. The molecule has 2 fully saturated rings. The quantitative estimate of drug-likeness (QED) is 0.787. The van der Waals surface area contributed by atoms with Gasteiger partial charge in [0.2, 0.25) is 11.7 Å². The van der Waals surface area contributed by atoms with Crippen molar-refractivity contribution in [2.75, 3.05) is 0 Å². The maximum absolute atomic E-state index is 12.9. The zero-order valence-electron chi connectivity index (χ0n) is 13.5. The fraction of sp³-hybridized carbons (Fsp3) is 0.562. The maximum atomic E-state index is 12.9. The van der Waals surface area contributed by atoms with Gasteiger partial charge in [-0.2, -0.15) is 0 Å². The van der Waals surface area contributed by atoms with Crippen LogP contribution in [0.3, 0.4) is 0 Å². The van der Waals surface area contributed by atoms with Crippen LogP contribution < -0.4 is 5.76 Å². The summed E-state index contributed by atoms with van der Waals surface area (Å²) in [6.07, 6.45) is 8.96. The Morgan fingerprint density at radius 1 is 1.38 bits per heavy atom. The van der Waals surface area contributed by atoms with Gasteiger partial charge < -0.3 is 4.90 Å². The van der Waals surface area contributed by atoms with Crippen molar-refractivity contribution >= 4 is 5.91 Å². The zero-order chi connectivity index (χ0) is 16.7. The van der Waals surface area contributed by atoms with Gasteiger partial charge in [0.15, 0.2) is 0 Å². The monoisotopic (exact) mass is 329 g/mol. The minimum atomic E-state index is -0.654. The van der Waals surface area contributed by atoms with Crippen LogP contribution in [0.1, 0.15) is 32.6 Å². The fourth-order valence-corrected chi connectivity index (χ4v) is 3.15. The van der Waals surface area contributed by atoms with Gasteiger partial charge in [0.1, 0.15) is 12.2 Å². The Morgan fingerprint density at radius 3 is 2.79 bits per heavy atom. The van der Waals surface area contributed by atoms with Gasteiger partial charge in [-0.1, -0.05) is 5.16 Å². The number of rotatable bonds is 6. The van der Waals surface area contributed by atoms with Crippen molar-refractivity contribution in [3.63, 3.8) is 0 Å². The molecule has 24 heavy (non-hydrogen) atoms. The zero-order valence-corrected chi connectivity index (χ0v) is 13.5. The van der Waals surface area contributed by atoms with E-state index in [4.69, 9.17) is 4.52 Å². The summed E-state index contributed by atoms with van der Waals surface area (Å²) in [5, 5.41) is 3.75. The third-order valence-electron chi connectivity index (χ3n) is 4.74. The molecule has 0 bridgehead atoms. The van der Waals surface area contributed by atoms with Gasteiger partial charge in [-0.15, -0.1) is 0 Å². The van der Waals surface area contributed by atoms with Crippen LogP contribution in [0.2, 0.25) is 0 Å². The highest BCUT2D eigenvalue weighted by atomic mass is 16.5. The van der Waals surface area contributed by atoms with E-state index in [0.29, 0.717) is 17.7 Å². The smallest absolute Gasteiger partial charge is 0.335 e. The Balaban J connectivity index is 1.59. The normalized spacial score (nSPS) is 18.4. The van der Waals surface area contributed by atoms with Crippen LogP contribution in [0.4, 0.5) is 0 Å². The summed E-state index contributed by atoms with van der Waals surface area (Å²) in [5.74, 6) is 0.107. The van der Waals surface area contributed by atoms with E-state index in [2.05, 4.69) is 22.0 Å². The highest BCUT2D eigenvalue weighted by molar-refractivity contribution is 5.77. The van der Waals surface area contributed by atoms with Crippen LogP contribution in [0.15, 0.2) is 27.9 Å². The summed E-state index contributed by atoms with van der Waals surface area (Å²) in [5.41, 5.74) is 0.407. The van der Waals surface area contributed by atoms with Crippen LogP contribution in [0.25, 0.3) is 11.5 Å². The topological polar surface area (TPSA) is 94.1 Å².